The molecule has 1 aliphatic rings. The molecule has 1 amide bonds. The topological polar surface area (TPSA) is 109 Å². The SMILES string of the molecule is COc1ccc(C2/C(=C(\O)c3cc(Cl)cc(Cl)c3OC)C(=O)C(=O)N2c2ccc(C#N)cc2)cc1OC. The Labute approximate surface area is 222 Å². The minimum Gasteiger partial charge on any atom is -0.507 e. The van der Waals surface area contributed by atoms with Crippen LogP contribution in [0.1, 0.15) is 22.7 Å². The maximum atomic E-state index is 13.4. The maximum Gasteiger partial charge on any atom is 0.300 e. The predicted molar refractivity (Wildman–Crippen MR) is 138 cm³/mol. The molecule has 188 valence electrons. The Balaban J connectivity index is 2.02. The molecule has 1 heterocycles. The molecule has 3 aromatic rings. The first-order chi connectivity index (χ1) is 17.7. The Kier molecular flexibility index (Phi) is 7.30. The Hall–Kier alpha value is -4.19. The minimum atomic E-state index is -1.07. The molecule has 0 aliphatic carbocycles. The molecule has 0 bridgehead atoms. The number of benzene rings is 3. The van der Waals surface area contributed by atoms with Gasteiger partial charge in [-0.1, -0.05) is 29.3 Å². The number of aliphatic hydroxyl groups is 1. The molecule has 0 saturated carbocycles. The molecule has 0 spiro atoms. The summed E-state index contributed by atoms with van der Waals surface area (Å²) in [6.45, 7) is 0. The van der Waals surface area contributed by atoms with Crippen LogP contribution >= 0.6 is 23.2 Å². The maximum absolute atomic E-state index is 13.4. The molecule has 10 heteroatoms. The number of carbonyl (C=O) groups excluding carboxylic acids is 2. The Morgan fingerprint density at radius 3 is 2.22 bits per heavy atom. The number of methoxy groups -OCH3 is 3. The van der Waals surface area contributed by atoms with Gasteiger partial charge in [-0.25, -0.2) is 0 Å². The summed E-state index contributed by atoms with van der Waals surface area (Å²) in [6.07, 6.45) is 0. The summed E-state index contributed by atoms with van der Waals surface area (Å²) in [7, 11) is 4.29. The largest absolute Gasteiger partial charge is 0.507 e. The van der Waals surface area contributed by atoms with Crippen LogP contribution in [0, 0.1) is 11.3 Å². The van der Waals surface area contributed by atoms with E-state index < -0.39 is 23.5 Å². The van der Waals surface area contributed by atoms with Crippen molar-refractivity contribution in [3.63, 3.8) is 0 Å². The van der Waals surface area contributed by atoms with E-state index in [1.54, 1.807) is 30.3 Å². The summed E-state index contributed by atoms with van der Waals surface area (Å²) < 4.78 is 16.1. The average molecular weight is 539 g/mol. The first kappa shape index (κ1) is 25.9. The van der Waals surface area contributed by atoms with Crippen molar-refractivity contribution in [1.29, 1.82) is 5.26 Å². The number of carbonyl (C=O) groups is 2. The third kappa shape index (κ3) is 4.55. The number of nitriles is 1. The van der Waals surface area contributed by atoms with Crippen LogP contribution in [-0.2, 0) is 9.59 Å². The van der Waals surface area contributed by atoms with Crippen molar-refractivity contribution < 1.29 is 28.9 Å². The third-order valence-electron chi connectivity index (χ3n) is 5.91. The van der Waals surface area contributed by atoms with Gasteiger partial charge in [-0.2, -0.15) is 5.26 Å². The summed E-state index contributed by atoms with van der Waals surface area (Å²) in [5.74, 6) is -1.45. The predicted octanol–water partition coefficient (Wildman–Crippen LogP) is 5.52. The third-order valence-corrected chi connectivity index (χ3v) is 6.41. The number of amides is 1. The Morgan fingerprint density at radius 1 is 0.946 bits per heavy atom. The van der Waals surface area contributed by atoms with Crippen LogP contribution in [0.15, 0.2) is 60.2 Å². The van der Waals surface area contributed by atoms with E-state index in [0.29, 0.717) is 28.3 Å². The highest BCUT2D eigenvalue weighted by Gasteiger charge is 2.47. The Morgan fingerprint density at radius 2 is 1.62 bits per heavy atom. The minimum absolute atomic E-state index is 0.0447. The van der Waals surface area contributed by atoms with Crippen LogP contribution in [0.25, 0.3) is 5.76 Å². The van der Waals surface area contributed by atoms with E-state index in [0.717, 1.165) is 0 Å². The number of halogens is 2. The van der Waals surface area contributed by atoms with E-state index in [1.807, 2.05) is 6.07 Å². The summed E-state index contributed by atoms with van der Waals surface area (Å²) in [6, 6.07) is 14.8. The van der Waals surface area contributed by atoms with Crippen molar-refractivity contribution >= 4 is 46.3 Å². The zero-order valence-electron chi connectivity index (χ0n) is 19.9. The van der Waals surface area contributed by atoms with Crippen molar-refractivity contribution in [1.82, 2.24) is 0 Å². The summed E-state index contributed by atoms with van der Waals surface area (Å²) >= 11 is 12.4. The first-order valence-corrected chi connectivity index (χ1v) is 11.6. The Bertz CT molecular complexity index is 1480. The molecule has 1 saturated heterocycles. The van der Waals surface area contributed by atoms with Crippen molar-refractivity contribution in [2.45, 2.75) is 6.04 Å². The molecule has 1 N–H and O–H groups in total. The fourth-order valence-corrected chi connectivity index (χ4v) is 4.79. The smallest absolute Gasteiger partial charge is 0.300 e. The zero-order chi connectivity index (χ0) is 26.9. The van der Waals surface area contributed by atoms with Gasteiger partial charge in [0, 0.05) is 10.7 Å². The average Bonchev–Trinajstić information content (AvgIpc) is 3.17. The lowest BCUT2D eigenvalue weighted by Crippen LogP contribution is -2.29. The first-order valence-electron chi connectivity index (χ1n) is 10.8. The molecular weight excluding hydrogens is 519 g/mol. The highest BCUT2D eigenvalue weighted by molar-refractivity contribution is 6.52. The number of Topliss-reactive ketones (excluding diaryl/α,β-unsaturated/α-hetero) is 1. The standard InChI is InChI=1S/C27H20Cl2N2O6/c1-35-20-9-6-15(10-21(20)36-2)23-22(24(32)18-11-16(28)12-19(29)26(18)37-3)25(33)27(34)31(23)17-7-4-14(13-30)5-8-17/h4-12,23,32H,1-3H3/b24-22+. The molecule has 8 nitrogen and oxygen atoms in total. The molecule has 0 aromatic heterocycles. The lowest BCUT2D eigenvalue weighted by Gasteiger charge is -2.26. The van der Waals surface area contributed by atoms with Crippen molar-refractivity contribution in [2.75, 3.05) is 26.2 Å². The quantitative estimate of drug-likeness (QED) is 0.250. The van der Waals surface area contributed by atoms with Crippen LogP contribution in [0.4, 0.5) is 5.69 Å². The number of hydrogen-bond acceptors (Lipinski definition) is 7. The number of ketones is 1. The normalized spacial score (nSPS) is 16.4. The van der Waals surface area contributed by atoms with Gasteiger partial charge in [-0.15, -0.1) is 0 Å². The number of anilines is 1. The van der Waals surface area contributed by atoms with Gasteiger partial charge in [0.2, 0.25) is 0 Å². The van der Waals surface area contributed by atoms with E-state index in [-0.39, 0.29) is 26.9 Å². The van der Waals surface area contributed by atoms with Gasteiger partial charge in [0.05, 0.1) is 55.2 Å². The van der Waals surface area contributed by atoms with E-state index in [4.69, 9.17) is 37.4 Å². The number of ether oxygens (including phenoxy) is 3. The second-order valence-electron chi connectivity index (χ2n) is 7.91. The number of nitrogens with zero attached hydrogens (tertiary/aromatic N) is 2. The van der Waals surface area contributed by atoms with Gasteiger partial charge < -0.3 is 19.3 Å². The fraction of sp³-hybridized carbons (Fsp3) is 0.148. The molecular formula is C27H20Cl2N2O6. The lowest BCUT2D eigenvalue weighted by molar-refractivity contribution is -0.132. The van der Waals surface area contributed by atoms with Crippen LogP contribution < -0.4 is 19.1 Å². The van der Waals surface area contributed by atoms with E-state index in [9.17, 15) is 20.0 Å². The number of aliphatic hydroxyl groups excluding tert-OH is 1. The van der Waals surface area contributed by atoms with Gasteiger partial charge in [-0.3, -0.25) is 14.5 Å². The van der Waals surface area contributed by atoms with Gasteiger partial charge in [0.25, 0.3) is 11.7 Å². The zero-order valence-corrected chi connectivity index (χ0v) is 21.4. The second kappa shape index (κ2) is 10.4. The van der Waals surface area contributed by atoms with Crippen LogP contribution in [-0.4, -0.2) is 38.1 Å². The van der Waals surface area contributed by atoms with E-state index in [1.165, 1.54) is 50.5 Å². The second-order valence-corrected chi connectivity index (χ2v) is 8.75. The summed E-state index contributed by atoms with van der Waals surface area (Å²) in [5, 5.41) is 20.9. The van der Waals surface area contributed by atoms with Crippen molar-refractivity contribution in [2.24, 2.45) is 0 Å². The summed E-state index contributed by atoms with van der Waals surface area (Å²) in [4.78, 5) is 28.1. The molecule has 4 rings (SSSR count). The fourth-order valence-electron chi connectivity index (χ4n) is 4.22. The van der Waals surface area contributed by atoms with E-state index >= 15 is 0 Å². The molecule has 37 heavy (non-hydrogen) atoms. The van der Waals surface area contributed by atoms with Crippen molar-refractivity contribution in [3.8, 4) is 23.3 Å². The molecule has 1 aliphatic heterocycles. The van der Waals surface area contributed by atoms with E-state index in [2.05, 4.69) is 0 Å². The van der Waals surface area contributed by atoms with Crippen LogP contribution in [0.2, 0.25) is 10.0 Å². The number of rotatable bonds is 6. The highest BCUT2D eigenvalue weighted by Crippen LogP contribution is 2.46. The molecule has 0 radical (unpaired) electrons. The molecule has 1 atom stereocenters. The van der Waals surface area contributed by atoms with Crippen LogP contribution in [0.3, 0.4) is 0 Å². The van der Waals surface area contributed by atoms with Gasteiger partial charge in [-0.05, 0) is 54.1 Å². The van der Waals surface area contributed by atoms with Crippen LogP contribution in [0.5, 0.6) is 17.2 Å². The van der Waals surface area contributed by atoms with Gasteiger partial charge in [0.1, 0.15) is 11.5 Å². The molecule has 1 unspecified atom stereocenters. The van der Waals surface area contributed by atoms with Gasteiger partial charge >= 0.3 is 0 Å². The number of hydrogen-bond donors (Lipinski definition) is 1. The highest BCUT2D eigenvalue weighted by atomic mass is 35.5. The lowest BCUT2D eigenvalue weighted by atomic mass is 9.94. The summed E-state index contributed by atoms with van der Waals surface area (Å²) in [5.41, 5.74) is 1.01. The van der Waals surface area contributed by atoms with Crippen molar-refractivity contribution in [3.05, 3.63) is 86.9 Å². The molecule has 1 fully saturated rings. The van der Waals surface area contributed by atoms with Gasteiger partial charge in [0.15, 0.2) is 11.5 Å². The molecule has 3 aromatic carbocycles. The monoisotopic (exact) mass is 538 g/mol.